The predicted molar refractivity (Wildman–Crippen MR) is 79.2 cm³/mol. The van der Waals surface area contributed by atoms with Crippen molar-refractivity contribution in [3.8, 4) is 5.69 Å². The van der Waals surface area contributed by atoms with Gasteiger partial charge in [0, 0.05) is 6.20 Å². The molecule has 1 amide bonds. The summed E-state index contributed by atoms with van der Waals surface area (Å²) in [5.41, 5.74) is -3.05. The third kappa shape index (κ3) is 4.35. The van der Waals surface area contributed by atoms with Crippen LogP contribution < -0.4 is 5.32 Å². The average molecular weight is 357 g/mol. The molecule has 1 atom stereocenters. The standard InChI is InChI=1S/C15H14F3N3O4/c1-14(25,13(23)24)8-19-12(22)11-5-6-21(20-11)10-4-2-3-9(7-10)15(16,17)18/h2-7,25H,8H2,1H3,(H,19,22)(H,23,24). The molecular weight excluding hydrogens is 343 g/mol. The SMILES string of the molecule is CC(O)(CNC(=O)c1ccn(-c2cccc(C(F)(F)F)c2)n1)C(=O)O. The third-order valence-electron chi connectivity index (χ3n) is 3.31. The summed E-state index contributed by atoms with van der Waals surface area (Å²) in [6.45, 7) is 0.453. The van der Waals surface area contributed by atoms with E-state index >= 15 is 0 Å². The van der Waals surface area contributed by atoms with E-state index in [2.05, 4.69) is 10.4 Å². The number of aliphatic hydroxyl groups is 1. The molecule has 2 rings (SSSR count). The molecule has 7 nitrogen and oxygen atoms in total. The third-order valence-corrected chi connectivity index (χ3v) is 3.31. The van der Waals surface area contributed by atoms with Crippen LogP contribution in [-0.4, -0.2) is 44.0 Å². The van der Waals surface area contributed by atoms with E-state index in [0.29, 0.717) is 0 Å². The first-order chi connectivity index (χ1) is 11.5. The molecule has 0 saturated heterocycles. The highest BCUT2D eigenvalue weighted by molar-refractivity contribution is 5.92. The second-order valence-electron chi connectivity index (χ2n) is 5.46. The van der Waals surface area contributed by atoms with E-state index < -0.39 is 35.8 Å². The van der Waals surface area contributed by atoms with Crippen molar-refractivity contribution in [3.63, 3.8) is 0 Å². The average Bonchev–Trinajstić information content (AvgIpc) is 3.02. The van der Waals surface area contributed by atoms with E-state index in [-0.39, 0.29) is 11.4 Å². The summed E-state index contributed by atoms with van der Waals surface area (Å²) in [4.78, 5) is 22.7. The van der Waals surface area contributed by atoms with Crippen molar-refractivity contribution in [1.82, 2.24) is 15.1 Å². The van der Waals surface area contributed by atoms with Crippen LogP contribution in [0.2, 0.25) is 0 Å². The lowest BCUT2D eigenvalue weighted by atomic mass is 10.1. The number of benzene rings is 1. The number of hydrogen-bond acceptors (Lipinski definition) is 4. The summed E-state index contributed by atoms with van der Waals surface area (Å²) in [6, 6.07) is 5.65. The van der Waals surface area contributed by atoms with Gasteiger partial charge in [-0.15, -0.1) is 0 Å². The molecule has 0 aliphatic carbocycles. The van der Waals surface area contributed by atoms with Gasteiger partial charge in [-0.05, 0) is 31.2 Å². The predicted octanol–water partition coefficient (Wildman–Crippen LogP) is 1.46. The van der Waals surface area contributed by atoms with Crippen LogP contribution in [0.25, 0.3) is 5.69 Å². The second-order valence-corrected chi connectivity index (χ2v) is 5.46. The summed E-state index contributed by atoms with van der Waals surface area (Å²) in [5, 5.41) is 24.3. The molecule has 134 valence electrons. The Hall–Kier alpha value is -2.88. The number of carboxylic acids is 1. The smallest absolute Gasteiger partial charge is 0.416 e. The van der Waals surface area contributed by atoms with E-state index in [0.717, 1.165) is 23.7 Å². The first kappa shape index (κ1) is 18.5. The lowest BCUT2D eigenvalue weighted by Gasteiger charge is -2.17. The van der Waals surface area contributed by atoms with Gasteiger partial charge < -0.3 is 15.5 Å². The van der Waals surface area contributed by atoms with Gasteiger partial charge in [-0.1, -0.05) is 6.07 Å². The van der Waals surface area contributed by atoms with E-state index in [9.17, 15) is 27.9 Å². The maximum absolute atomic E-state index is 12.7. The van der Waals surface area contributed by atoms with E-state index in [1.165, 1.54) is 24.4 Å². The fourth-order valence-electron chi connectivity index (χ4n) is 1.83. The maximum Gasteiger partial charge on any atom is 0.416 e. The molecule has 3 N–H and O–H groups in total. The van der Waals surface area contributed by atoms with Gasteiger partial charge in [0.1, 0.15) is 0 Å². The molecule has 25 heavy (non-hydrogen) atoms. The molecule has 2 aromatic rings. The molecule has 0 aliphatic rings. The maximum atomic E-state index is 12.7. The minimum absolute atomic E-state index is 0.103. The molecule has 0 radical (unpaired) electrons. The number of alkyl halides is 3. The number of amides is 1. The number of carbonyl (C=O) groups is 2. The molecule has 0 aliphatic heterocycles. The van der Waals surface area contributed by atoms with Gasteiger partial charge in [-0.25, -0.2) is 9.48 Å². The van der Waals surface area contributed by atoms with Crippen LogP contribution in [0.15, 0.2) is 36.5 Å². The van der Waals surface area contributed by atoms with E-state index in [4.69, 9.17) is 5.11 Å². The van der Waals surface area contributed by atoms with E-state index in [1.807, 2.05) is 0 Å². The Bertz CT molecular complexity index is 799. The number of aromatic nitrogens is 2. The van der Waals surface area contributed by atoms with Gasteiger partial charge in [0.25, 0.3) is 5.91 Å². The van der Waals surface area contributed by atoms with Gasteiger partial charge in [0.2, 0.25) is 0 Å². The minimum atomic E-state index is -4.51. The van der Waals surface area contributed by atoms with Crippen molar-refractivity contribution >= 4 is 11.9 Å². The van der Waals surface area contributed by atoms with Crippen molar-refractivity contribution in [2.45, 2.75) is 18.7 Å². The van der Waals surface area contributed by atoms with Gasteiger partial charge in [0.15, 0.2) is 11.3 Å². The molecule has 1 heterocycles. The lowest BCUT2D eigenvalue weighted by molar-refractivity contribution is -0.155. The van der Waals surface area contributed by atoms with Gasteiger partial charge in [-0.2, -0.15) is 18.3 Å². The van der Waals surface area contributed by atoms with Crippen LogP contribution in [0.3, 0.4) is 0 Å². The van der Waals surface area contributed by atoms with Crippen LogP contribution in [0.5, 0.6) is 0 Å². The molecular formula is C15H14F3N3O4. The van der Waals surface area contributed by atoms with Crippen LogP contribution >= 0.6 is 0 Å². The topological polar surface area (TPSA) is 104 Å². The summed E-state index contributed by atoms with van der Waals surface area (Å²) in [5.74, 6) is -2.28. The highest BCUT2D eigenvalue weighted by atomic mass is 19.4. The fourth-order valence-corrected chi connectivity index (χ4v) is 1.83. The quantitative estimate of drug-likeness (QED) is 0.751. The van der Waals surface area contributed by atoms with Crippen molar-refractivity contribution in [3.05, 3.63) is 47.8 Å². The summed E-state index contributed by atoms with van der Waals surface area (Å²) in [7, 11) is 0. The van der Waals surface area contributed by atoms with Gasteiger partial charge in [0.05, 0.1) is 17.8 Å². The van der Waals surface area contributed by atoms with Crippen LogP contribution in [0, 0.1) is 0 Å². The van der Waals surface area contributed by atoms with Gasteiger partial charge in [-0.3, -0.25) is 4.79 Å². The lowest BCUT2D eigenvalue weighted by Crippen LogP contribution is -2.46. The summed E-state index contributed by atoms with van der Waals surface area (Å²) in [6.07, 6.45) is -3.22. The zero-order chi connectivity index (χ0) is 18.8. The highest BCUT2D eigenvalue weighted by Crippen LogP contribution is 2.30. The first-order valence-corrected chi connectivity index (χ1v) is 6.98. The van der Waals surface area contributed by atoms with Crippen molar-refractivity contribution in [1.29, 1.82) is 0 Å². The molecule has 0 saturated carbocycles. The number of aliphatic carboxylic acids is 1. The summed E-state index contributed by atoms with van der Waals surface area (Å²) >= 11 is 0. The molecule has 0 spiro atoms. The monoisotopic (exact) mass is 357 g/mol. The van der Waals surface area contributed by atoms with Crippen molar-refractivity contribution in [2.75, 3.05) is 6.54 Å². The Morgan fingerprint density at radius 3 is 2.56 bits per heavy atom. The zero-order valence-corrected chi connectivity index (χ0v) is 12.9. The summed E-state index contributed by atoms with van der Waals surface area (Å²) < 4.78 is 39.3. The Kier molecular flexibility index (Phi) is 4.84. The molecule has 1 aromatic heterocycles. The highest BCUT2D eigenvalue weighted by Gasteiger charge is 2.31. The van der Waals surface area contributed by atoms with Gasteiger partial charge >= 0.3 is 12.1 Å². The van der Waals surface area contributed by atoms with Crippen LogP contribution in [-0.2, 0) is 11.0 Å². The Morgan fingerprint density at radius 1 is 1.28 bits per heavy atom. The number of carbonyl (C=O) groups excluding carboxylic acids is 1. The molecule has 0 bridgehead atoms. The Morgan fingerprint density at radius 2 is 1.96 bits per heavy atom. The second kappa shape index (κ2) is 6.55. The molecule has 1 aromatic carbocycles. The van der Waals surface area contributed by atoms with Crippen LogP contribution in [0.1, 0.15) is 23.0 Å². The number of nitrogens with one attached hydrogen (secondary N) is 1. The number of halogens is 3. The van der Waals surface area contributed by atoms with Crippen molar-refractivity contribution in [2.24, 2.45) is 0 Å². The fraction of sp³-hybridized carbons (Fsp3) is 0.267. The normalized spacial score (nSPS) is 14.0. The number of hydrogen-bond donors (Lipinski definition) is 3. The molecule has 10 heteroatoms. The molecule has 0 fully saturated rings. The Labute approximate surface area is 139 Å². The number of rotatable bonds is 5. The number of carboxylic acid groups (broad SMARTS) is 1. The molecule has 1 unspecified atom stereocenters. The van der Waals surface area contributed by atoms with Crippen molar-refractivity contribution < 1.29 is 33.0 Å². The number of nitrogens with zero attached hydrogens (tertiary/aromatic N) is 2. The minimum Gasteiger partial charge on any atom is -0.479 e. The Balaban J connectivity index is 2.15. The largest absolute Gasteiger partial charge is 0.479 e. The van der Waals surface area contributed by atoms with Crippen LogP contribution in [0.4, 0.5) is 13.2 Å². The first-order valence-electron chi connectivity index (χ1n) is 6.98. The van der Waals surface area contributed by atoms with E-state index in [1.54, 1.807) is 0 Å². The zero-order valence-electron chi connectivity index (χ0n) is 12.9.